The molecule has 0 aliphatic heterocycles. The van der Waals surface area contributed by atoms with Gasteiger partial charge in [0.05, 0.1) is 22.2 Å². The van der Waals surface area contributed by atoms with Gasteiger partial charge in [0, 0.05) is 24.1 Å². The Labute approximate surface area is 238 Å². The zero-order valence-corrected chi connectivity index (χ0v) is 22.2. The van der Waals surface area contributed by atoms with Gasteiger partial charge in [0.1, 0.15) is 11.6 Å². The lowest BCUT2D eigenvalue weighted by atomic mass is 9.75. The summed E-state index contributed by atoms with van der Waals surface area (Å²) in [5.41, 5.74) is 4.09. The molecule has 0 saturated carbocycles. The molecule has 4 aromatic rings. The first kappa shape index (κ1) is 27.5. The van der Waals surface area contributed by atoms with Gasteiger partial charge in [-0.25, -0.2) is 9.78 Å². The highest BCUT2D eigenvalue weighted by Gasteiger charge is 2.31. The standard InChI is InChI=1S/C30H20Cl2F3N3O2/c31-25-9-8-18(14-26(25)32)23-13-19-16-37-28(24(15-36)27(19)22-7-2-1-6-21(22)23)38-29(39)40-11-10-17-4-3-5-20(12-17)30(33,34)35/h1-9,12,14,16,23H,10-11,13H2,(H,37,38,39). The molecule has 1 N–H and O–H groups in total. The van der Waals surface area contributed by atoms with Crippen LogP contribution in [0.4, 0.5) is 23.8 Å². The van der Waals surface area contributed by atoms with Crippen LogP contribution in [0.3, 0.4) is 0 Å². The first-order valence-electron chi connectivity index (χ1n) is 12.2. The summed E-state index contributed by atoms with van der Waals surface area (Å²) in [5, 5.41) is 13.5. The molecule has 1 amide bonds. The van der Waals surface area contributed by atoms with Gasteiger partial charge in [-0.2, -0.15) is 18.4 Å². The van der Waals surface area contributed by atoms with Gasteiger partial charge in [-0.1, -0.05) is 71.7 Å². The van der Waals surface area contributed by atoms with Crippen LogP contribution in [0.25, 0.3) is 11.1 Å². The summed E-state index contributed by atoms with van der Waals surface area (Å²) < 4.78 is 44.0. The van der Waals surface area contributed by atoms with Crippen molar-refractivity contribution < 1.29 is 22.7 Å². The molecule has 0 fully saturated rings. The van der Waals surface area contributed by atoms with Crippen molar-refractivity contribution in [3.05, 3.63) is 116 Å². The van der Waals surface area contributed by atoms with Crippen LogP contribution < -0.4 is 5.32 Å². The number of ether oxygens (including phenoxy) is 1. The van der Waals surface area contributed by atoms with Gasteiger partial charge in [-0.15, -0.1) is 0 Å². The number of halogens is 5. The number of amides is 1. The monoisotopic (exact) mass is 581 g/mol. The number of aromatic nitrogens is 1. The molecule has 0 saturated heterocycles. The summed E-state index contributed by atoms with van der Waals surface area (Å²) in [5.74, 6) is -0.0143. The normalized spacial score (nSPS) is 14.1. The Kier molecular flexibility index (Phi) is 7.70. The number of anilines is 1. The Morgan fingerprint density at radius 1 is 1.07 bits per heavy atom. The highest BCUT2D eigenvalue weighted by Crippen LogP contribution is 2.45. The molecule has 10 heteroatoms. The molecule has 1 heterocycles. The fourth-order valence-electron chi connectivity index (χ4n) is 4.90. The number of nitrogens with one attached hydrogen (secondary N) is 1. The molecule has 3 aromatic carbocycles. The minimum atomic E-state index is -4.46. The van der Waals surface area contributed by atoms with E-state index in [1.807, 2.05) is 36.4 Å². The third-order valence-corrected chi connectivity index (χ3v) is 7.48. The first-order valence-corrected chi connectivity index (χ1v) is 13.0. The zero-order valence-electron chi connectivity index (χ0n) is 20.7. The van der Waals surface area contributed by atoms with Crippen molar-refractivity contribution in [1.29, 1.82) is 5.26 Å². The van der Waals surface area contributed by atoms with Crippen LogP contribution in [0.5, 0.6) is 0 Å². The topological polar surface area (TPSA) is 75.0 Å². The largest absolute Gasteiger partial charge is 0.449 e. The van der Waals surface area contributed by atoms with Crippen molar-refractivity contribution in [1.82, 2.24) is 4.98 Å². The molecule has 1 aliphatic rings. The second-order valence-electron chi connectivity index (χ2n) is 9.22. The predicted molar refractivity (Wildman–Crippen MR) is 147 cm³/mol. The van der Waals surface area contributed by atoms with E-state index in [2.05, 4.69) is 16.4 Å². The number of carbonyl (C=O) groups is 1. The van der Waals surface area contributed by atoms with E-state index < -0.39 is 17.8 Å². The number of benzene rings is 3. The lowest BCUT2D eigenvalue weighted by Crippen LogP contribution is -2.19. The molecule has 1 atom stereocenters. The van der Waals surface area contributed by atoms with Crippen LogP contribution in [0.1, 0.15) is 39.3 Å². The summed E-state index contributed by atoms with van der Waals surface area (Å²) in [4.78, 5) is 16.9. The van der Waals surface area contributed by atoms with Crippen LogP contribution in [-0.2, 0) is 23.8 Å². The Morgan fingerprint density at radius 2 is 1.88 bits per heavy atom. The van der Waals surface area contributed by atoms with E-state index in [1.54, 1.807) is 12.3 Å². The molecule has 0 spiro atoms. The molecular formula is C30H20Cl2F3N3O2. The lowest BCUT2D eigenvalue weighted by Gasteiger charge is -2.29. The fraction of sp³-hybridized carbons (Fsp3) is 0.167. The van der Waals surface area contributed by atoms with E-state index in [1.165, 1.54) is 12.1 Å². The maximum atomic E-state index is 12.9. The second kappa shape index (κ2) is 11.2. The average molecular weight is 582 g/mol. The fourth-order valence-corrected chi connectivity index (χ4v) is 5.21. The molecule has 202 valence electrons. The Hall–Kier alpha value is -4.06. The van der Waals surface area contributed by atoms with Gasteiger partial charge in [0.15, 0.2) is 5.82 Å². The predicted octanol–water partition coefficient (Wildman–Crippen LogP) is 8.43. The molecular weight excluding hydrogens is 562 g/mol. The van der Waals surface area contributed by atoms with Crippen LogP contribution in [-0.4, -0.2) is 17.7 Å². The quantitative estimate of drug-likeness (QED) is 0.256. The summed E-state index contributed by atoms with van der Waals surface area (Å²) in [6.07, 6.45) is -3.07. The number of hydrogen-bond acceptors (Lipinski definition) is 4. The molecule has 5 rings (SSSR count). The highest BCUT2D eigenvalue weighted by atomic mass is 35.5. The summed E-state index contributed by atoms with van der Waals surface area (Å²) in [7, 11) is 0. The van der Waals surface area contributed by atoms with Crippen molar-refractivity contribution in [2.75, 3.05) is 11.9 Å². The van der Waals surface area contributed by atoms with E-state index >= 15 is 0 Å². The van der Waals surface area contributed by atoms with Gasteiger partial charge >= 0.3 is 12.3 Å². The molecule has 0 radical (unpaired) electrons. The molecule has 1 aliphatic carbocycles. The molecule has 0 bridgehead atoms. The van der Waals surface area contributed by atoms with E-state index in [0.717, 1.165) is 34.4 Å². The van der Waals surface area contributed by atoms with E-state index in [0.29, 0.717) is 27.6 Å². The highest BCUT2D eigenvalue weighted by molar-refractivity contribution is 6.42. The van der Waals surface area contributed by atoms with Crippen molar-refractivity contribution in [3.63, 3.8) is 0 Å². The minimum absolute atomic E-state index is 0.0353. The third kappa shape index (κ3) is 5.62. The van der Waals surface area contributed by atoms with Gasteiger partial charge < -0.3 is 4.74 Å². The number of nitriles is 1. The van der Waals surface area contributed by atoms with Crippen molar-refractivity contribution in [3.8, 4) is 17.2 Å². The number of pyridine rings is 1. The number of rotatable bonds is 5. The van der Waals surface area contributed by atoms with Crippen LogP contribution >= 0.6 is 23.2 Å². The number of nitrogens with zero attached hydrogens (tertiary/aromatic N) is 2. The van der Waals surface area contributed by atoms with E-state index in [-0.39, 0.29) is 30.3 Å². The smallest absolute Gasteiger partial charge is 0.416 e. The van der Waals surface area contributed by atoms with Gasteiger partial charge in [0.2, 0.25) is 0 Å². The van der Waals surface area contributed by atoms with E-state index in [4.69, 9.17) is 27.9 Å². The number of alkyl halides is 3. The Balaban J connectivity index is 1.36. The van der Waals surface area contributed by atoms with Gasteiger partial charge in [0.25, 0.3) is 0 Å². The number of hydrogen-bond donors (Lipinski definition) is 1. The maximum absolute atomic E-state index is 12.9. The summed E-state index contributed by atoms with van der Waals surface area (Å²) in [6.45, 7) is -0.159. The summed E-state index contributed by atoms with van der Waals surface area (Å²) in [6, 6.07) is 20.2. The van der Waals surface area contributed by atoms with E-state index in [9.17, 15) is 23.2 Å². The lowest BCUT2D eigenvalue weighted by molar-refractivity contribution is -0.137. The summed E-state index contributed by atoms with van der Waals surface area (Å²) >= 11 is 12.4. The van der Waals surface area contributed by atoms with Crippen molar-refractivity contribution in [2.45, 2.75) is 24.9 Å². The zero-order chi connectivity index (χ0) is 28.4. The van der Waals surface area contributed by atoms with Gasteiger partial charge in [-0.05, 0) is 52.4 Å². The minimum Gasteiger partial charge on any atom is -0.449 e. The Bertz CT molecular complexity index is 1650. The Morgan fingerprint density at radius 3 is 2.62 bits per heavy atom. The third-order valence-electron chi connectivity index (χ3n) is 6.74. The van der Waals surface area contributed by atoms with Crippen LogP contribution in [0, 0.1) is 11.3 Å². The van der Waals surface area contributed by atoms with Crippen molar-refractivity contribution >= 4 is 35.1 Å². The maximum Gasteiger partial charge on any atom is 0.416 e. The average Bonchev–Trinajstić information content (AvgIpc) is 2.94. The molecule has 1 aromatic heterocycles. The van der Waals surface area contributed by atoms with Crippen LogP contribution in [0.2, 0.25) is 10.0 Å². The number of fused-ring (bicyclic) bond motifs is 3. The second-order valence-corrected chi connectivity index (χ2v) is 10.0. The SMILES string of the molecule is N#Cc1c(NC(=O)OCCc2cccc(C(F)(F)F)c2)ncc2c1-c1ccccc1C(c1ccc(Cl)c(Cl)c1)C2. The molecule has 5 nitrogen and oxygen atoms in total. The molecule has 1 unspecified atom stereocenters. The van der Waals surface area contributed by atoms with Crippen LogP contribution in [0.15, 0.2) is 72.9 Å². The van der Waals surface area contributed by atoms with Crippen molar-refractivity contribution in [2.24, 2.45) is 0 Å². The first-order chi connectivity index (χ1) is 19.2. The van der Waals surface area contributed by atoms with Gasteiger partial charge in [-0.3, -0.25) is 5.32 Å². The molecule has 40 heavy (non-hydrogen) atoms. The number of carbonyl (C=O) groups excluding carboxylic acids is 1.